The summed E-state index contributed by atoms with van der Waals surface area (Å²) >= 11 is 0. The van der Waals surface area contributed by atoms with Gasteiger partial charge >= 0.3 is 0 Å². The van der Waals surface area contributed by atoms with Crippen molar-refractivity contribution in [1.82, 2.24) is 10.3 Å². The molecule has 1 aliphatic heterocycles. The number of anilines is 2. The third kappa shape index (κ3) is 5.53. The first kappa shape index (κ1) is 19.0. The van der Waals surface area contributed by atoms with Gasteiger partial charge < -0.3 is 15.5 Å². The van der Waals surface area contributed by atoms with E-state index in [1.807, 2.05) is 19.2 Å². The number of nitrogens with one attached hydrogen (secondary N) is 2. The van der Waals surface area contributed by atoms with Gasteiger partial charge in [0.1, 0.15) is 5.82 Å². The minimum Gasteiger partial charge on any atom is -0.357 e. The number of aromatic nitrogens is 1. The van der Waals surface area contributed by atoms with Gasteiger partial charge in [-0.1, -0.05) is 0 Å². The molecule has 1 fully saturated rings. The standard InChI is InChI=1S/C13H20N4O.2ClH/c1-14-7-6-13(18)16-11-4-5-12(15-10-11)17-8-2-3-9-17;;/h4-5,10,14H,2-3,6-9H2,1H3,(H,16,18);2*1H. The lowest BCUT2D eigenvalue weighted by atomic mass is 10.3. The van der Waals surface area contributed by atoms with E-state index in [0.717, 1.165) is 24.6 Å². The molecule has 1 aromatic rings. The molecular weight excluding hydrogens is 299 g/mol. The smallest absolute Gasteiger partial charge is 0.225 e. The molecule has 0 atom stereocenters. The highest BCUT2D eigenvalue weighted by molar-refractivity contribution is 5.90. The summed E-state index contributed by atoms with van der Waals surface area (Å²) in [4.78, 5) is 18.2. The van der Waals surface area contributed by atoms with Crippen molar-refractivity contribution in [2.24, 2.45) is 0 Å². The van der Waals surface area contributed by atoms with Gasteiger partial charge in [0.05, 0.1) is 11.9 Å². The highest BCUT2D eigenvalue weighted by Crippen LogP contribution is 2.18. The van der Waals surface area contributed by atoms with Crippen LogP contribution < -0.4 is 15.5 Å². The van der Waals surface area contributed by atoms with Gasteiger partial charge in [0.2, 0.25) is 5.91 Å². The van der Waals surface area contributed by atoms with Crippen LogP contribution in [0.1, 0.15) is 19.3 Å². The largest absolute Gasteiger partial charge is 0.357 e. The first-order chi connectivity index (χ1) is 8.79. The van der Waals surface area contributed by atoms with E-state index in [0.29, 0.717) is 13.0 Å². The molecule has 0 spiro atoms. The van der Waals surface area contributed by atoms with Crippen LogP contribution in [-0.4, -0.2) is 37.6 Å². The summed E-state index contributed by atoms with van der Waals surface area (Å²) in [7, 11) is 1.83. The summed E-state index contributed by atoms with van der Waals surface area (Å²) in [5, 5.41) is 5.78. The number of hydrogen-bond donors (Lipinski definition) is 2. The minimum atomic E-state index is 0. The van der Waals surface area contributed by atoms with Crippen LogP contribution in [0.15, 0.2) is 18.3 Å². The van der Waals surface area contributed by atoms with Crippen LogP contribution in [0.5, 0.6) is 0 Å². The van der Waals surface area contributed by atoms with Crippen molar-refractivity contribution >= 4 is 42.2 Å². The zero-order valence-corrected chi connectivity index (χ0v) is 13.2. The second-order valence-corrected chi connectivity index (χ2v) is 4.50. The monoisotopic (exact) mass is 320 g/mol. The van der Waals surface area contributed by atoms with E-state index in [-0.39, 0.29) is 30.7 Å². The summed E-state index contributed by atoms with van der Waals surface area (Å²) in [6.07, 6.45) is 4.68. The molecule has 0 unspecified atom stereocenters. The molecule has 0 saturated carbocycles. The predicted molar refractivity (Wildman–Crippen MR) is 87.4 cm³/mol. The van der Waals surface area contributed by atoms with Crippen molar-refractivity contribution in [3.8, 4) is 0 Å². The van der Waals surface area contributed by atoms with Crippen LogP contribution in [-0.2, 0) is 4.79 Å². The van der Waals surface area contributed by atoms with E-state index >= 15 is 0 Å². The van der Waals surface area contributed by atoms with E-state index in [4.69, 9.17) is 0 Å². The van der Waals surface area contributed by atoms with Crippen molar-refractivity contribution < 1.29 is 4.79 Å². The zero-order chi connectivity index (χ0) is 12.8. The maximum Gasteiger partial charge on any atom is 0.225 e. The highest BCUT2D eigenvalue weighted by Gasteiger charge is 2.13. The molecular formula is C13H22Cl2N4O. The molecule has 0 aliphatic carbocycles. The molecule has 2 N–H and O–H groups in total. The Morgan fingerprint density at radius 3 is 2.55 bits per heavy atom. The van der Waals surface area contributed by atoms with Crippen molar-refractivity contribution in [1.29, 1.82) is 0 Å². The predicted octanol–water partition coefficient (Wildman–Crippen LogP) is 2.07. The van der Waals surface area contributed by atoms with Gasteiger partial charge in [-0.25, -0.2) is 4.98 Å². The van der Waals surface area contributed by atoms with E-state index < -0.39 is 0 Å². The maximum absolute atomic E-state index is 11.5. The lowest BCUT2D eigenvalue weighted by molar-refractivity contribution is -0.116. The SMILES string of the molecule is CNCCC(=O)Nc1ccc(N2CCCC2)nc1.Cl.Cl. The Morgan fingerprint density at radius 2 is 2.00 bits per heavy atom. The molecule has 1 aromatic heterocycles. The average Bonchev–Trinajstić information content (AvgIpc) is 2.91. The second-order valence-electron chi connectivity index (χ2n) is 4.50. The molecule has 0 bridgehead atoms. The summed E-state index contributed by atoms with van der Waals surface area (Å²) < 4.78 is 0. The molecule has 7 heteroatoms. The third-order valence-corrected chi connectivity index (χ3v) is 3.06. The van der Waals surface area contributed by atoms with Crippen LogP contribution in [0.3, 0.4) is 0 Å². The normalized spacial score (nSPS) is 13.3. The summed E-state index contributed by atoms with van der Waals surface area (Å²) in [5.41, 5.74) is 0.763. The highest BCUT2D eigenvalue weighted by atomic mass is 35.5. The fourth-order valence-electron chi connectivity index (χ4n) is 2.06. The van der Waals surface area contributed by atoms with E-state index in [9.17, 15) is 4.79 Å². The molecule has 5 nitrogen and oxygen atoms in total. The molecule has 2 rings (SSSR count). The van der Waals surface area contributed by atoms with Gasteiger partial charge in [-0.2, -0.15) is 0 Å². The minimum absolute atomic E-state index is 0. The molecule has 1 amide bonds. The van der Waals surface area contributed by atoms with Crippen LogP contribution in [0.4, 0.5) is 11.5 Å². The Balaban J connectivity index is 0.00000180. The number of halogens is 2. The fraction of sp³-hybridized carbons (Fsp3) is 0.538. The Kier molecular flexibility index (Phi) is 9.29. The fourth-order valence-corrected chi connectivity index (χ4v) is 2.06. The van der Waals surface area contributed by atoms with Crippen LogP contribution in [0.2, 0.25) is 0 Å². The van der Waals surface area contributed by atoms with Gasteiger partial charge in [0.25, 0.3) is 0 Å². The first-order valence-corrected chi connectivity index (χ1v) is 6.45. The number of amides is 1. The Labute approximate surface area is 132 Å². The lowest BCUT2D eigenvalue weighted by Crippen LogP contribution is -2.20. The number of hydrogen-bond acceptors (Lipinski definition) is 4. The molecule has 114 valence electrons. The van der Waals surface area contributed by atoms with Gasteiger partial charge in [0.15, 0.2) is 0 Å². The zero-order valence-electron chi connectivity index (χ0n) is 11.6. The third-order valence-electron chi connectivity index (χ3n) is 3.06. The maximum atomic E-state index is 11.5. The van der Waals surface area contributed by atoms with Gasteiger partial charge in [-0.3, -0.25) is 4.79 Å². The van der Waals surface area contributed by atoms with Crippen molar-refractivity contribution in [3.63, 3.8) is 0 Å². The Hall–Kier alpha value is -1.04. The molecule has 20 heavy (non-hydrogen) atoms. The molecule has 0 radical (unpaired) electrons. The van der Waals surface area contributed by atoms with Gasteiger partial charge in [-0.15, -0.1) is 24.8 Å². The lowest BCUT2D eigenvalue weighted by Gasteiger charge is -2.16. The van der Waals surface area contributed by atoms with E-state index in [2.05, 4.69) is 20.5 Å². The Bertz CT molecular complexity index is 394. The van der Waals surface area contributed by atoms with E-state index in [1.54, 1.807) is 6.20 Å². The van der Waals surface area contributed by atoms with E-state index in [1.165, 1.54) is 12.8 Å². The number of rotatable bonds is 5. The van der Waals surface area contributed by atoms with Crippen LogP contribution in [0.25, 0.3) is 0 Å². The average molecular weight is 321 g/mol. The van der Waals surface area contributed by atoms with Crippen LogP contribution >= 0.6 is 24.8 Å². The topological polar surface area (TPSA) is 57.3 Å². The van der Waals surface area contributed by atoms with Crippen molar-refractivity contribution in [3.05, 3.63) is 18.3 Å². The number of carbonyl (C=O) groups excluding carboxylic acids is 1. The molecule has 2 heterocycles. The van der Waals surface area contributed by atoms with Gasteiger partial charge in [0, 0.05) is 26.1 Å². The quantitative estimate of drug-likeness (QED) is 0.872. The Morgan fingerprint density at radius 1 is 1.30 bits per heavy atom. The molecule has 1 aliphatic rings. The van der Waals surface area contributed by atoms with Crippen LogP contribution in [0, 0.1) is 0 Å². The summed E-state index contributed by atoms with van der Waals surface area (Å²) in [5.74, 6) is 1.01. The van der Waals surface area contributed by atoms with Crippen molar-refractivity contribution in [2.45, 2.75) is 19.3 Å². The molecule has 0 aromatic carbocycles. The first-order valence-electron chi connectivity index (χ1n) is 6.45. The van der Waals surface area contributed by atoms with Gasteiger partial charge in [-0.05, 0) is 32.0 Å². The number of nitrogens with zero attached hydrogens (tertiary/aromatic N) is 2. The summed E-state index contributed by atoms with van der Waals surface area (Å²) in [6.45, 7) is 2.85. The second kappa shape index (κ2) is 9.80. The molecule has 1 saturated heterocycles. The number of pyridine rings is 1. The number of carbonyl (C=O) groups is 1. The van der Waals surface area contributed by atoms with Crippen molar-refractivity contribution in [2.75, 3.05) is 36.9 Å². The summed E-state index contributed by atoms with van der Waals surface area (Å²) in [6, 6.07) is 3.89.